The molecular weight excluding hydrogens is 408 g/mol. The Balaban J connectivity index is 1.50. The number of carbonyl (C=O) groups is 1. The van der Waals surface area contributed by atoms with Gasteiger partial charge in [0, 0.05) is 30.7 Å². The van der Waals surface area contributed by atoms with Crippen molar-refractivity contribution in [2.45, 2.75) is 6.42 Å². The number of nitrogens with one attached hydrogen (secondary N) is 1. The van der Waals surface area contributed by atoms with E-state index in [1.54, 1.807) is 13.2 Å². The van der Waals surface area contributed by atoms with Gasteiger partial charge in [-0.3, -0.25) is 4.79 Å². The topological polar surface area (TPSA) is 61.5 Å². The number of para-hydroxylation sites is 2. The van der Waals surface area contributed by atoms with Gasteiger partial charge in [0.2, 0.25) is 5.95 Å². The minimum atomic E-state index is 0.0206. The predicted molar refractivity (Wildman–Crippen MR) is 110 cm³/mol. The third-order valence-electron chi connectivity index (χ3n) is 4.86. The molecule has 1 aliphatic rings. The fourth-order valence-electron chi connectivity index (χ4n) is 3.39. The van der Waals surface area contributed by atoms with E-state index in [0.29, 0.717) is 17.9 Å². The maximum absolute atomic E-state index is 13.0. The summed E-state index contributed by atoms with van der Waals surface area (Å²) in [7, 11) is 1.61. The molecule has 0 aliphatic carbocycles. The Morgan fingerprint density at radius 1 is 1.15 bits per heavy atom. The molecule has 1 aliphatic heterocycles. The molecule has 0 spiro atoms. The molecule has 1 amide bonds. The highest BCUT2D eigenvalue weighted by molar-refractivity contribution is 9.10. The van der Waals surface area contributed by atoms with Gasteiger partial charge in [0.1, 0.15) is 5.75 Å². The number of nitrogens with zero attached hydrogens (tertiary/aromatic N) is 3. The van der Waals surface area contributed by atoms with Gasteiger partial charge in [0.25, 0.3) is 5.91 Å². The summed E-state index contributed by atoms with van der Waals surface area (Å²) in [6.45, 7) is 2.98. The number of hydrogen-bond donors (Lipinski definition) is 1. The first-order valence-corrected chi connectivity index (χ1v) is 9.77. The molecule has 0 bridgehead atoms. The number of aromatic amines is 1. The number of amides is 1. The summed E-state index contributed by atoms with van der Waals surface area (Å²) < 4.78 is 6.05. The molecule has 0 saturated carbocycles. The van der Waals surface area contributed by atoms with Gasteiger partial charge in [-0.15, -0.1) is 0 Å². The van der Waals surface area contributed by atoms with Crippen molar-refractivity contribution in [3.63, 3.8) is 0 Å². The number of aromatic nitrogens is 2. The summed E-state index contributed by atoms with van der Waals surface area (Å²) in [6, 6.07) is 13.5. The standard InChI is InChI=1S/C20H21BrN4O2/c1-27-14-7-8-16(21)15(13-14)19(26)24-9-4-10-25(12-11-24)20-22-17-5-2-3-6-18(17)23-20/h2-3,5-8,13H,4,9-12H2,1H3,(H,22,23). The monoisotopic (exact) mass is 428 g/mol. The quantitative estimate of drug-likeness (QED) is 0.690. The Morgan fingerprint density at radius 3 is 2.81 bits per heavy atom. The molecule has 1 aromatic heterocycles. The van der Waals surface area contributed by atoms with Crippen LogP contribution in [0.5, 0.6) is 5.75 Å². The normalized spacial score (nSPS) is 15.0. The molecule has 3 aromatic rings. The molecule has 1 N–H and O–H groups in total. The molecule has 1 fully saturated rings. The number of halogens is 1. The molecule has 2 aromatic carbocycles. The molecule has 1 saturated heterocycles. The minimum Gasteiger partial charge on any atom is -0.497 e. The number of rotatable bonds is 3. The fraction of sp³-hybridized carbons (Fsp3) is 0.300. The number of fused-ring (bicyclic) bond motifs is 1. The Hall–Kier alpha value is -2.54. The van der Waals surface area contributed by atoms with Crippen LogP contribution in [0.1, 0.15) is 16.8 Å². The Bertz CT molecular complexity index is 939. The lowest BCUT2D eigenvalue weighted by atomic mass is 10.2. The lowest BCUT2D eigenvalue weighted by molar-refractivity contribution is 0.0765. The van der Waals surface area contributed by atoms with Crippen molar-refractivity contribution in [1.82, 2.24) is 14.9 Å². The molecule has 0 atom stereocenters. The highest BCUT2D eigenvalue weighted by Gasteiger charge is 2.23. The molecule has 140 valence electrons. The summed E-state index contributed by atoms with van der Waals surface area (Å²) in [5, 5.41) is 0. The number of hydrogen-bond acceptors (Lipinski definition) is 4. The van der Waals surface area contributed by atoms with Crippen LogP contribution >= 0.6 is 15.9 Å². The number of H-pyrrole nitrogens is 1. The third-order valence-corrected chi connectivity index (χ3v) is 5.55. The molecule has 7 heteroatoms. The van der Waals surface area contributed by atoms with Gasteiger partial charge in [-0.1, -0.05) is 12.1 Å². The summed E-state index contributed by atoms with van der Waals surface area (Å²) in [5.41, 5.74) is 2.63. The van der Waals surface area contributed by atoms with Gasteiger partial charge in [-0.25, -0.2) is 4.98 Å². The van der Waals surface area contributed by atoms with Gasteiger partial charge < -0.3 is 19.5 Å². The highest BCUT2D eigenvalue weighted by atomic mass is 79.9. The average Bonchev–Trinajstić information content (AvgIpc) is 2.97. The number of imidazole rings is 1. The van der Waals surface area contributed by atoms with Crippen LogP contribution in [0.15, 0.2) is 46.9 Å². The zero-order valence-electron chi connectivity index (χ0n) is 15.1. The molecular formula is C20H21BrN4O2. The van der Waals surface area contributed by atoms with E-state index in [9.17, 15) is 4.79 Å². The van der Waals surface area contributed by atoms with Crippen LogP contribution in [0, 0.1) is 0 Å². The van der Waals surface area contributed by atoms with Crippen molar-refractivity contribution >= 4 is 38.8 Å². The lowest BCUT2D eigenvalue weighted by Gasteiger charge is -2.22. The summed E-state index contributed by atoms with van der Waals surface area (Å²) in [5.74, 6) is 1.57. The van der Waals surface area contributed by atoms with E-state index in [1.807, 2.05) is 41.3 Å². The lowest BCUT2D eigenvalue weighted by Crippen LogP contribution is -2.35. The minimum absolute atomic E-state index is 0.0206. The van der Waals surface area contributed by atoms with Crippen molar-refractivity contribution in [2.75, 3.05) is 38.2 Å². The second-order valence-electron chi connectivity index (χ2n) is 6.56. The van der Waals surface area contributed by atoms with Crippen molar-refractivity contribution in [3.05, 3.63) is 52.5 Å². The summed E-state index contributed by atoms with van der Waals surface area (Å²) >= 11 is 3.49. The second-order valence-corrected chi connectivity index (χ2v) is 7.41. The smallest absolute Gasteiger partial charge is 0.255 e. The second kappa shape index (κ2) is 7.60. The summed E-state index contributed by atoms with van der Waals surface area (Å²) in [6.07, 6.45) is 0.893. The van der Waals surface area contributed by atoms with Gasteiger partial charge >= 0.3 is 0 Å². The van der Waals surface area contributed by atoms with Crippen molar-refractivity contribution in [2.24, 2.45) is 0 Å². The molecule has 27 heavy (non-hydrogen) atoms. The van der Waals surface area contributed by atoms with E-state index in [-0.39, 0.29) is 5.91 Å². The van der Waals surface area contributed by atoms with E-state index in [4.69, 9.17) is 4.74 Å². The number of benzene rings is 2. The van der Waals surface area contributed by atoms with E-state index in [1.165, 1.54) is 0 Å². The maximum Gasteiger partial charge on any atom is 0.255 e. The van der Waals surface area contributed by atoms with E-state index >= 15 is 0 Å². The van der Waals surface area contributed by atoms with Crippen molar-refractivity contribution < 1.29 is 9.53 Å². The van der Waals surface area contributed by atoms with Crippen LogP contribution in [-0.2, 0) is 0 Å². The van der Waals surface area contributed by atoms with E-state index < -0.39 is 0 Å². The highest BCUT2D eigenvalue weighted by Crippen LogP contribution is 2.25. The van der Waals surface area contributed by atoms with Gasteiger partial charge in [-0.05, 0) is 52.7 Å². The first-order chi connectivity index (χ1) is 13.2. The predicted octanol–water partition coefficient (Wildman–Crippen LogP) is 3.69. The van der Waals surface area contributed by atoms with Crippen LogP contribution in [0.4, 0.5) is 5.95 Å². The van der Waals surface area contributed by atoms with Crippen LogP contribution in [-0.4, -0.2) is 54.1 Å². The third kappa shape index (κ3) is 3.64. The Labute approximate surface area is 166 Å². The number of methoxy groups -OCH3 is 1. The van der Waals surface area contributed by atoms with Gasteiger partial charge in [-0.2, -0.15) is 0 Å². The SMILES string of the molecule is COc1ccc(Br)c(C(=O)N2CCCN(c3nc4ccccc4[nH]3)CC2)c1. The first kappa shape index (κ1) is 17.9. The zero-order valence-corrected chi connectivity index (χ0v) is 16.7. The Kier molecular flexibility index (Phi) is 5.03. The molecule has 6 nitrogen and oxygen atoms in total. The van der Waals surface area contributed by atoms with Gasteiger partial charge in [0.05, 0.1) is 23.7 Å². The largest absolute Gasteiger partial charge is 0.497 e. The number of anilines is 1. The molecule has 0 unspecified atom stereocenters. The van der Waals surface area contributed by atoms with E-state index in [0.717, 1.165) is 47.5 Å². The molecule has 2 heterocycles. The number of ether oxygens (including phenoxy) is 1. The summed E-state index contributed by atoms with van der Waals surface area (Å²) in [4.78, 5) is 25.2. The van der Waals surface area contributed by atoms with E-state index in [2.05, 4.69) is 30.8 Å². The van der Waals surface area contributed by atoms with Gasteiger partial charge in [0.15, 0.2) is 0 Å². The molecule has 0 radical (unpaired) electrons. The average molecular weight is 429 g/mol. The van der Waals surface area contributed by atoms with Crippen LogP contribution in [0.3, 0.4) is 0 Å². The first-order valence-electron chi connectivity index (χ1n) is 8.98. The van der Waals surface area contributed by atoms with Crippen molar-refractivity contribution in [1.29, 1.82) is 0 Å². The molecule has 4 rings (SSSR count). The van der Waals surface area contributed by atoms with Crippen LogP contribution < -0.4 is 9.64 Å². The maximum atomic E-state index is 13.0. The Morgan fingerprint density at radius 2 is 2.00 bits per heavy atom. The van der Waals surface area contributed by atoms with Crippen LogP contribution in [0.2, 0.25) is 0 Å². The van der Waals surface area contributed by atoms with Crippen LogP contribution in [0.25, 0.3) is 11.0 Å². The fourth-order valence-corrected chi connectivity index (χ4v) is 3.80. The van der Waals surface area contributed by atoms with Crippen molar-refractivity contribution in [3.8, 4) is 5.75 Å². The number of carbonyl (C=O) groups excluding carboxylic acids is 1. The zero-order chi connectivity index (χ0) is 18.8.